The zero-order chi connectivity index (χ0) is 24.1. The number of hydrogen-bond donors (Lipinski definition) is 1. The molecule has 2 aromatic carbocycles. The molecule has 34 heavy (non-hydrogen) atoms. The number of rotatable bonds is 5. The third-order valence-corrected chi connectivity index (χ3v) is 9.10. The first-order chi connectivity index (χ1) is 16.3. The first kappa shape index (κ1) is 23.4. The number of aryl methyl sites for hydroxylation is 1. The van der Waals surface area contributed by atoms with Crippen molar-refractivity contribution < 1.29 is 18.3 Å². The first-order valence-electron chi connectivity index (χ1n) is 11.8. The Labute approximate surface area is 201 Å². The quantitative estimate of drug-likeness (QED) is 0.604. The molecule has 2 aliphatic heterocycles. The maximum Gasteiger partial charge on any atom is 0.211 e. The predicted octanol–water partition coefficient (Wildman–Crippen LogP) is 3.03. The number of benzene rings is 2. The molecule has 1 atom stereocenters. The van der Waals surface area contributed by atoms with Gasteiger partial charge in [-0.1, -0.05) is 30.3 Å². The van der Waals surface area contributed by atoms with Gasteiger partial charge in [-0.25, -0.2) is 12.7 Å². The summed E-state index contributed by atoms with van der Waals surface area (Å²) in [5, 5.41) is 11.8. The zero-order valence-electron chi connectivity index (χ0n) is 20.1. The van der Waals surface area contributed by atoms with Crippen LogP contribution < -0.4 is 4.74 Å². The summed E-state index contributed by atoms with van der Waals surface area (Å²) in [4.78, 5) is 2.38. The van der Waals surface area contributed by atoms with Crippen LogP contribution in [-0.2, 0) is 29.0 Å². The molecule has 1 aromatic heterocycles. The summed E-state index contributed by atoms with van der Waals surface area (Å²) in [5.41, 5.74) is 4.48. The van der Waals surface area contributed by atoms with Crippen molar-refractivity contribution in [3.05, 3.63) is 65.4 Å². The van der Waals surface area contributed by atoms with Gasteiger partial charge in [0, 0.05) is 55.8 Å². The van der Waals surface area contributed by atoms with Crippen molar-refractivity contribution in [2.24, 2.45) is 7.05 Å². The highest BCUT2D eigenvalue weighted by Crippen LogP contribution is 2.50. The lowest BCUT2D eigenvalue weighted by Crippen LogP contribution is -2.54. The lowest BCUT2D eigenvalue weighted by Gasteiger charge is -2.50. The number of aliphatic hydroxyl groups excluding tert-OH is 1. The monoisotopic (exact) mass is 483 g/mol. The molecule has 2 aliphatic rings. The Bertz CT molecular complexity index is 1290. The molecule has 0 aliphatic carbocycles. The first-order valence-corrected chi connectivity index (χ1v) is 13.6. The Balaban J connectivity index is 1.66. The molecule has 3 heterocycles. The second-order valence-electron chi connectivity index (χ2n) is 9.73. The molecule has 0 amide bonds. The fourth-order valence-electron chi connectivity index (χ4n) is 6.10. The van der Waals surface area contributed by atoms with Crippen molar-refractivity contribution in [1.29, 1.82) is 0 Å². The molecular weight excluding hydrogens is 450 g/mol. The summed E-state index contributed by atoms with van der Waals surface area (Å²) in [7, 11) is 0.511. The molecule has 0 saturated carbocycles. The molecule has 1 spiro atoms. The van der Waals surface area contributed by atoms with E-state index in [1.54, 1.807) is 11.4 Å². The Kier molecular flexibility index (Phi) is 5.96. The zero-order valence-corrected chi connectivity index (χ0v) is 20.9. The van der Waals surface area contributed by atoms with E-state index in [1.165, 1.54) is 22.8 Å². The molecular formula is C26H33N3O4S. The number of aliphatic hydroxyl groups is 1. The number of sulfonamides is 1. The van der Waals surface area contributed by atoms with Gasteiger partial charge in [-0.05, 0) is 36.1 Å². The molecule has 7 nitrogen and oxygen atoms in total. The van der Waals surface area contributed by atoms with Gasteiger partial charge in [-0.3, -0.25) is 4.90 Å². The van der Waals surface area contributed by atoms with Crippen LogP contribution in [0, 0.1) is 0 Å². The Morgan fingerprint density at radius 2 is 1.82 bits per heavy atom. The molecule has 182 valence electrons. The number of methoxy groups -OCH3 is 1. The van der Waals surface area contributed by atoms with Crippen LogP contribution in [0.15, 0.2) is 48.5 Å². The molecule has 3 aromatic rings. The fourth-order valence-corrected chi connectivity index (χ4v) is 6.95. The average molecular weight is 484 g/mol. The van der Waals surface area contributed by atoms with E-state index in [0.717, 1.165) is 42.9 Å². The van der Waals surface area contributed by atoms with E-state index >= 15 is 0 Å². The molecule has 0 bridgehead atoms. The smallest absolute Gasteiger partial charge is 0.211 e. The summed E-state index contributed by atoms with van der Waals surface area (Å²) < 4.78 is 33.8. The van der Waals surface area contributed by atoms with Gasteiger partial charge in [0.05, 0.1) is 31.5 Å². The van der Waals surface area contributed by atoms with Crippen molar-refractivity contribution in [3.8, 4) is 5.75 Å². The summed E-state index contributed by atoms with van der Waals surface area (Å²) in [6.07, 6.45) is 2.80. The second-order valence-corrected chi connectivity index (χ2v) is 11.7. The number of fused-ring (bicyclic) bond motifs is 4. The van der Waals surface area contributed by atoms with E-state index < -0.39 is 10.0 Å². The average Bonchev–Trinajstić information content (AvgIpc) is 3.12. The SMILES string of the molecule is COc1ccc2c3c(n(C)c2c1)[C@H](CO)N(Cc1ccccc1)CC31CCN(S(C)(=O)=O)CC1. The van der Waals surface area contributed by atoms with E-state index in [2.05, 4.69) is 40.8 Å². The number of ether oxygens (including phenoxy) is 1. The predicted molar refractivity (Wildman–Crippen MR) is 133 cm³/mol. The maximum absolute atomic E-state index is 12.3. The van der Waals surface area contributed by atoms with Crippen LogP contribution >= 0.6 is 0 Å². The molecule has 1 saturated heterocycles. The molecule has 1 fully saturated rings. The van der Waals surface area contributed by atoms with Crippen molar-refractivity contribution in [2.75, 3.05) is 39.6 Å². The highest BCUT2D eigenvalue weighted by atomic mass is 32.2. The lowest BCUT2D eigenvalue weighted by atomic mass is 9.68. The van der Waals surface area contributed by atoms with Crippen molar-refractivity contribution in [2.45, 2.75) is 30.8 Å². The van der Waals surface area contributed by atoms with Crippen LogP contribution in [0.1, 0.15) is 35.7 Å². The van der Waals surface area contributed by atoms with E-state index in [-0.39, 0.29) is 18.1 Å². The fraction of sp³-hybridized carbons (Fsp3) is 0.462. The van der Waals surface area contributed by atoms with Gasteiger partial charge in [0.1, 0.15) is 5.75 Å². The van der Waals surface area contributed by atoms with Gasteiger partial charge in [-0.15, -0.1) is 0 Å². The molecule has 1 N–H and O–H groups in total. The summed E-state index contributed by atoms with van der Waals surface area (Å²) >= 11 is 0. The normalized spacial score (nSPS) is 21.1. The summed E-state index contributed by atoms with van der Waals surface area (Å²) in [5.74, 6) is 0.799. The van der Waals surface area contributed by atoms with E-state index in [4.69, 9.17) is 4.74 Å². The van der Waals surface area contributed by atoms with Gasteiger partial charge in [0.25, 0.3) is 0 Å². The van der Waals surface area contributed by atoms with Crippen LogP contribution in [0.5, 0.6) is 5.75 Å². The maximum atomic E-state index is 12.3. The summed E-state index contributed by atoms with van der Waals surface area (Å²) in [6, 6.07) is 16.4. The standard InChI is InChI=1S/C26H33N3O4S/c1-27-22-15-20(33-2)9-10-21(22)24-25(27)23(17-30)28(16-19-7-5-4-6-8-19)18-26(24)11-13-29(14-12-26)34(3,31)32/h4-10,15,23,30H,11-14,16-18H2,1-3H3/t23-/m0/s1. The lowest BCUT2D eigenvalue weighted by molar-refractivity contribution is 0.0516. The third kappa shape index (κ3) is 3.82. The largest absolute Gasteiger partial charge is 0.497 e. The second kappa shape index (κ2) is 8.68. The van der Waals surface area contributed by atoms with Crippen LogP contribution in [0.2, 0.25) is 0 Å². The minimum Gasteiger partial charge on any atom is -0.497 e. The Morgan fingerprint density at radius 1 is 1.12 bits per heavy atom. The minimum absolute atomic E-state index is 0.0205. The number of hydrogen-bond acceptors (Lipinski definition) is 5. The van der Waals surface area contributed by atoms with E-state index in [9.17, 15) is 13.5 Å². The Morgan fingerprint density at radius 3 is 2.44 bits per heavy atom. The van der Waals surface area contributed by atoms with Gasteiger partial charge in [0.2, 0.25) is 10.0 Å². The van der Waals surface area contributed by atoms with Crippen LogP contribution in [0.4, 0.5) is 0 Å². The Hall–Kier alpha value is -2.39. The highest BCUT2D eigenvalue weighted by molar-refractivity contribution is 7.88. The number of aromatic nitrogens is 1. The highest BCUT2D eigenvalue weighted by Gasteiger charge is 2.48. The van der Waals surface area contributed by atoms with E-state index in [0.29, 0.717) is 13.1 Å². The van der Waals surface area contributed by atoms with Crippen molar-refractivity contribution >= 4 is 20.9 Å². The van der Waals surface area contributed by atoms with E-state index in [1.807, 2.05) is 24.3 Å². The van der Waals surface area contributed by atoms with Gasteiger partial charge in [-0.2, -0.15) is 0 Å². The minimum atomic E-state index is -3.22. The topological polar surface area (TPSA) is 75.0 Å². The van der Waals surface area contributed by atoms with Gasteiger partial charge < -0.3 is 14.4 Å². The number of nitrogens with zero attached hydrogens (tertiary/aromatic N) is 3. The van der Waals surface area contributed by atoms with Crippen LogP contribution in [0.3, 0.4) is 0 Å². The molecule has 5 rings (SSSR count). The van der Waals surface area contributed by atoms with Crippen LogP contribution in [0.25, 0.3) is 10.9 Å². The molecule has 0 unspecified atom stereocenters. The summed E-state index contributed by atoms with van der Waals surface area (Å²) in [6.45, 7) is 2.55. The third-order valence-electron chi connectivity index (χ3n) is 7.80. The molecule has 0 radical (unpaired) electrons. The van der Waals surface area contributed by atoms with Crippen LogP contribution in [-0.4, -0.2) is 66.9 Å². The van der Waals surface area contributed by atoms with Gasteiger partial charge >= 0.3 is 0 Å². The van der Waals surface area contributed by atoms with Crippen molar-refractivity contribution in [1.82, 2.24) is 13.8 Å². The molecule has 8 heteroatoms. The van der Waals surface area contributed by atoms with Crippen molar-refractivity contribution in [3.63, 3.8) is 0 Å². The number of piperidine rings is 1. The van der Waals surface area contributed by atoms with Gasteiger partial charge in [0.15, 0.2) is 0 Å².